The number of carbonyl (C=O) groups is 3. The van der Waals surface area contributed by atoms with Gasteiger partial charge in [0.15, 0.2) is 0 Å². The monoisotopic (exact) mass is 450 g/mol. The van der Waals surface area contributed by atoms with Crippen molar-refractivity contribution in [3.05, 3.63) is 95.6 Å². The van der Waals surface area contributed by atoms with Gasteiger partial charge in [0, 0.05) is 11.3 Å². The van der Waals surface area contributed by atoms with Crippen LogP contribution in [-0.2, 0) is 9.59 Å². The van der Waals surface area contributed by atoms with Gasteiger partial charge in [-0.2, -0.15) is 0 Å². The Bertz CT molecular complexity index is 1270. The molecule has 6 rings (SSSR count). The highest BCUT2D eigenvalue weighted by Crippen LogP contribution is 2.61. The van der Waals surface area contributed by atoms with E-state index in [1.54, 1.807) is 24.3 Å². The van der Waals surface area contributed by atoms with E-state index in [2.05, 4.69) is 17.4 Å². The number of anilines is 2. The van der Waals surface area contributed by atoms with Crippen LogP contribution in [0.5, 0.6) is 0 Å². The summed E-state index contributed by atoms with van der Waals surface area (Å²) in [6, 6.07) is 24.7. The molecule has 1 aliphatic heterocycles. The van der Waals surface area contributed by atoms with Crippen LogP contribution in [0.4, 0.5) is 11.4 Å². The van der Waals surface area contributed by atoms with E-state index in [0.717, 1.165) is 24.1 Å². The first kappa shape index (κ1) is 20.8. The summed E-state index contributed by atoms with van der Waals surface area (Å²) < 4.78 is 0. The summed E-state index contributed by atoms with van der Waals surface area (Å²) in [4.78, 5) is 40.8. The number of hydrogen-bond acceptors (Lipinski definition) is 3. The second-order valence-corrected chi connectivity index (χ2v) is 9.84. The highest BCUT2D eigenvalue weighted by Gasteiger charge is 2.64. The van der Waals surface area contributed by atoms with Gasteiger partial charge in [-0.05, 0) is 79.5 Å². The summed E-state index contributed by atoms with van der Waals surface area (Å²) in [5.74, 6) is 0.000479. The largest absolute Gasteiger partial charge is 0.322 e. The number of rotatable bonds is 4. The second kappa shape index (κ2) is 7.94. The molecule has 5 heteroatoms. The molecule has 1 saturated heterocycles. The normalized spacial score (nSPS) is 27.2. The van der Waals surface area contributed by atoms with Gasteiger partial charge in [0.2, 0.25) is 11.8 Å². The maximum Gasteiger partial charge on any atom is 0.255 e. The van der Waals surface area contributed by atoms with Crippen LogP contribution < -0.4 is 10.2 Å². The number of hydrogen-bond donors (Lipinski definition) is 1. The molecule has 2 saturated carbocycles. The molecule has 3 amide bonds. The van der Waals surface area contributed by atoms with Crippen LogP contribution >= 0.6 is 0 Å². The van der Waals surface area contributed by atoms with Crippen molar-refractivity contribution in [2.75, 3.05) is 10.2 Å². The average molecular weight is 451 g/mol. The van der Waals surface area contributed by atoms with E-state index >= 15 is 0 Å². The second-order valence-electron chi connectivity index (χ2n) is 9.84. The number of fused-ring (bicyclic) bond motifs is 5. The number of aryl methyl sites for hydroxylation is 1. The molecule has 0 spiro atoms. The SMILES string of the molecule is Cc1ccc(NC(=O)c2ccc(N3C(=O)[C@@H]4[C@@H]5C[C@@H]([C@@H]4C3=O)[C@H](c3ccccc3)C5)cc2)cc1. The average Bonchev–Trinajstić information content (AvgIpc) is 3.52. The molecule has 5 atom stereocenters. The van der Waals surface area contributed by atoms with E-state index < -0.39 is 0 Å². The zero-order valence-electron chi connectivity index (χ0n) is 19.0. The van der Waals surface area contributed by atoms with Crippen molar-refractivity contribution >= 4 is 29.1 Å². The third-order valence-corrected chi connectivity index (χ3v) is 7.94. The van der Waals surface area contributed by atoms with Crippen LogP contribution in [0, 0.1) is 30.6 Å². The maximum absolute atomic E-state index is 13.5. The minimum absolute atomic E-state index is 0.0779. The van der Waals surface area contributed by atoms with Gasteiger partial charge in [0.05, 0.1) is 17.5 Å². The van der Waals surface area contributed by atoms with Crippen molar-refractivity contribution in [1.82, 2.24) is 0 Å². The molecule has 5 nitrogen and oxygen atoms in total. The first-order valence-electron chi connectivity index (χ1n) is 11.9. The van der Waals surface area contributed by atoms with Gasteiger partial charge in [-0.25, -0.2) is 0 Å². The summed E-state index contributed by atoms with van der Waals surface area (Å²) >= 11 is 0. The van der Waals surface area contributed by atoms with Gasteiger partial charge < -0.3 is 5.32 Å². The third-order valence-electron chi connectivity index (χ3n) is 7.94. The molecule has 2 aliphatic carbocycles. The van der Waals surface area contributed by atoms with Gasteiger partial charge in [0.25, 0.3) is 5.91 Å². The van der Waals surface area contributed by atoms with Crippen LogP contribution in [0.15, 0.2) is 78.9 Å². The summed E-state index contributed by atoms with van der Waals surface area (Å²) in [5.41, 5.74) is 4.15. The van der Waals surface area contributed by atoms with E-state index in [4.69, 9.17) is 0 Å². The van der Waals surface area contributed by atoms with Crippen molar-refractivity contribution in [3.8, 4) is 0 Å². The lowest BCUT2D eigenvalue weighted by atomic mass is 9.73. The van der Waals surface area contributed by atoms with Gasteiger partial charge in [-0.15, -0.1) is 0 Å². The Hall–Kier alpha value is -3.73. The summed E-state index contributed by atoms with van der Waals surface area (Å²) in [7, 11) is 0. The van der Waals surface area contributed by atoms with Crippen molar-refractivity contribution < 1.29 is 14.4 Å². The Morgan fingerprint density at radius 2 is 1.50 bits per heavy atom. The van der Waals surface area contributed by atoms with E-state index in [-0.39, 0.29) is 41.4 Å². The number of amides is 3. The van der Waals surface area contributed by atoms with Crippen molar-refractivity contribution in [2.45, 2.75) is 25.7 Å². The molecule has 3 aromatic carbocycles. The van der Waals surface area contributed by atoms with Crippen molar-refractivity contribution in [3.63, 3.8) is 0 Å². The van der Waals surface area contributed by atoms with Crippen LogP contribution in [0.2, 0.25) is 0 Å². The number of benzene rings is 3. The minimum Gasteiger partial charge on any atom is -0.322 e. The fourth-order valence-corrected chi connectivity index (χ4v) is 6.40. The highest BCUT2D eigenvalue weighted by molar-refractivity contribution is 6.22. The van der Waals surface area contributed by atoms with Crippen LogP contribution in [-0.4, -0.2) is 17.7 Å². The van der Waals surface area contributed by atoms with Gasteiger partial charge in [-0.1, -0.05) is 48.0 Å². The Kier molecular flexibility index (Phi) is 4.87. The fourth-order valence-electron chi connectivity index (χ4n) is 6.40. The molecule has 0 radical (unpaired) electrons. The van der Waals surface area contributed by atoms with Crippen LogP contribution in [0.1, 0.15) is 40.2 Å². The zero-order chi connectivity index (χ0) is 23.4. The molecule has 34 heavy (non-hydrogen) atoms. The summed E-state index contributed by atoms with van der Waals surface area (Å²) in [6.45, 7) is 1.99. The molecular formula is C29H26N2O3. The Balaban J connectivity index is 1.20. The fraction of sp³-hybridized carbons (Fsp3) is 0.276. The molecule has 0 aromatic heterocycles. The van der Waals surface area contributed by atoms with Crippen molar-refractivity contribution in [1.29, 1.82) is 0 Å². The quantitative estimate of drug-likeness (QED) is 0.557. The van der Waals surface area contributed by atoms with Crippen molar-refractivity contribution in [2.24, 2.45) is 23.7 Å². The molecule has 170 valence electrons. The molecule has 1 N–H and O–H groups in total. The molecule has 1 heterocycles. The van der Waals surface area contributed by atoms with E-state index in [0.29, 0.717) is 17.2 Å². The maximum atomic E-state index is 13.5. The molecule has 3 aromatic rings. The first-order valence-corrected chi connectivity index (χ1v) is 11.9. The van der Waals surface area contributed by atoms with E-state index in [9.17, 15) is 14.4 Å². The lowest BCUT2D eigenvalue weighted by Crippen LogP contribution is -2.33. The lowest BCUT2D eigenvalue weighted by molar-refractivity contribution is -0.123. The number of nitrogens with zero attached hydrogens (tertiary/aromatic N) is 1. The zero-order valence-corrected chi connectivity index (χ0v) is 19.0. The molecular weight excluding hydrogens is 424 g/mol. The minimum atomic E-state index is -0.235. The summed E-state index contributed by atoms with van der Waals surface area (Å²) in [5, 5.41) is 2.88. The predicted octanol–water partition coefficient (Wildman–Crippen LogP) is 5.18. The Morgan fingerprint density at radius 3 is 2.21 bits per heavy atom. The molecule has 3 fully saturated rings. The molecule has 2 bridgehead atoms. The standard InChI is InChI=1S/C29H26N2O3/c1-17-7-11-21(12-8-17)30-27(32)19-9-13-22(14-10-19)31-28(33)25-20-15-23(18-5-3-2-4-6-18)24(16-20)26(25)29(31)34/h2-14,20,23-26H,15-16H2,1H3,(H,30,32)/t20-,23-,24+,25+,26-/m0/s1. The number of carbonyl (C=O) groups excluding carboxylic acids is 3. The Morgan fingerprint density at radius 1 is 0.824 bits per heavy atom. The topological polar surface area (TPSA) is 66.5 Å². The molecule has 3 aliphatic rings. The van der Waals surface area contributed by atoms with Crippen LogP contribution in [0.25, 0.3) is 0 Å². The van der Waals surface area contributed by atoms with E-state index in [1.807, 2.05) is 49.4 Å². The van der Waals surface area contributed by atoms with E-state index in [1.165, 1.54) is 10.5 Å². The van der Waals surface area contributed by atoms with Gasteiger partial charge in [-0.3, -0.25) is 19.3 Å². The lowest BCUT2D eigenvalue weighted by Gasteiger charge is -2.28. The van der Waals surface area contributed by atoms with Gasteiger partial charge >= 0.3 is 0 Å². The first-order chi connectivity index (χ1) is 16.5. The number of nitrogens with one attached hydrogen (secondary N) is 1. The smallest absolute Gasteiger partial charge is 0.255 e. The number of imide groups is 1. The predicted molar refractivity (Wildman–Crippen MR) is 130 cm³/mol. The summed E-state index contributed by atoms with van der Waals surface area (Å²) in [6.07, 6.45) is 1.93. The molecule has 0 unspecified atom stereocenters. The van der Waals surface area contributed by atoms with Crippen LogP contribution in [0.3, 0.4) is 0 Å². The highest BCUT2D eigenvalue weighted by atomic mass is 16.2. The Labute approximate surface area is 198 Å². The third kappa shape index (κ3) is 3.26. The van der Waals surface area contributed by atoms with Gasteiger partial charge in [0.1, 0.15) is 0 Å².